The lowest BCUT2D eigenvalue weighted by molar-refractivity contribution is 0.0970. The van der Waals surface area contributed by atoms with E-state index in [1.165, 1.54) is 11.3 Å². The average molecular weight is 464 g/mol. The minimum atomic E-state index is -0.617. The quantitative estimate of drug-likeness (QED) is 0.383. The van der Waals surface area contributed by atoms with Crippen LogP contribution in [0.1, 0.15) is 50.8 Å². The average Bonchev–Trinajstić information content (AvgIpc) is 3.38. The number of carbonyl (C=O) groups excluding carboxylic acids is 1. The Labute approximate surface area is 193 Å². The van der Waals surface area contributed by atoms with Gasteiger partial charge in [-0.15, -0.1) is 22.0 Å². The Morgan fingerprint density at radius 3 is 2.47 bits per heavy atom. The van der Waals surface area contributed by atoms with E-state index in [0.717, 1.165) is 33.0 Å². The van der Waals surface area contributed by atoms with Gasteiger partial charge in [0.15, 0.2) is 5.43 Å². The highest BCUT2D eigenvalue weighted by Gasteiger charge is 2.45. The van der Waals surface area contributed by atoms with Crippen LogP contribution in [0.4, 0.5) is 5.13 Å². The summed E-state index contributed by atoms with van der Waals surface area (Å²) in [4.78, 5) is 29.9. The van der Waals surface area contributed by atoms with Crippen LogP contribution >= 0.6 is 23.1 Å². The SMILES string of the molecule is CCc1nnc(N2C(=O)c3oc4cc(C)c(C)cc4c(=O)c3C2c2ccc(SC)cc2)s1. The van der Waals surface area contributed by atoms with Crippen molar-refractivity contribution >= 4 is 45.1 Å². The van der Waals surface area contributed by atoms with Gasteiger partial charge in [-0.05, 0) is 67.5 Å². The number of thioether (sulfide) groups is 1. The molecule has 4 aromatic rings. The van der Waals surface area contributed by atoms with E-state index < -0.39 is 6.04 Å². The van der Waals surface area contributed by atoms with Crippen LogP contribution in [-0.2, 0) is 6.42 Å². The van der Waals surface area contributed by atoms with Crippen molar-refractivity contribution in [2.45, 2.75) is 38.1 Å². The molecule has 0 fully saturated rings. The fraction of sp³-hybridized carbons (Fsp3) is 0.250. The van der Waals surface area contributed by atoms with E-state index in [-0.39, 0.29) is 17.1 Å². The van der Waals surface area contributed by atoms with Gasteiger partial charge in [0.25, 0.3) is 5.91 Å². The Morgan fingerprint density at radius 2 is 1.81 bits per heavy atom. The molecule has 1 atom stereocenters. The summed E-state index contributed by atoms with van der Waals surface area (Å²) in [6.07, 6.45) is 2.73. The summed E-state index contributed by atoms with van der Waals surface area (Å²) in [5.74, 6) is -0.284. The van der Waals surface area contributed by atoms with Gasteiger partial charge in [-0.2, -0.15) is 0 Å². The zero-order valence-corrected chi connectivity index (χ0v) is 19.8. The fourth-order valence-electron chi connectivity index (χ4n) is 4.01. The first-order valence-electron chi connectivity index (χ1n) is 10.3. The van der Waals surface area contributed by atoms with E-state index in [1.807, 2.05) is 63.4 Å². The summed E-state index contributed by atoms with van der Waals surface area (Å²) in [5.41, 5.74) is 3.44. The van der Waals surface area contributed by atoms with Crippen LogP contribution in [0.3, 0.4) is 0 Å². The number of anilines is 1. The van der Waals surface area contributed by atoms with Gasteiger partial charge in [0.2, 0.25) is 10.9 Å². The maximum Gasteiger partial charge on any atom is 0.297 e. The standard InChI is InChI=1S/C24H21N3O3S2/c1-5-18-25-26-24(32-18)27-20(14-6-8-15(31-4)9-7-14)19-21(28)16-10-12(2)13(3)11-17(16)30-22(19)23(27)29/h6-11,20H,5H2,1-4H3. The second kappa shape index (κ2) is 7.86. The van der Waals surface area contributed by atoms with Crippen molar-refractivity contribution in [3.05, 3.63) is 79.6 Å². The molecule has 3 heterocycles. The molecule has 0 N–H and O–H groups in total. The molecule has 1 amide bonds. The minimum absolute atomic E-state index is 0.0814. The number of hydrogen-bond acceptors (Lipinski definition) is 7. The van der Waals surface area contributed by atoms with Gasteiger partial charge < -0.3 is 4.42 Å². The van der Waals surface area contributed by atoms with Crippen molar-refractivity contribution < 1.29 is 9.21 Å². The highest BCUT2D eigenvalue weighted by molar-refractivity contribution is 7.98. The number of rotatable bonds is 4. The predicted octanol–water partition coefficient (Wildman–Crippen LogP) is 5.30. The van der Waals surface area contributed by atoms with Crippen molar-refractivity contribution in [3.63, 3.8) is 0 Å². The lowest BCUT2D eigenvalue weighted by Gasteiger charge is -2.22. The summed E-state index contributed by atoms with van der Waals surface area (Å²) in [5, 5.41) is 10.2. The molecule has 0 radical (unpaired) electrons. The number of aryl methyl sites for hydroxylation is 3. The molecule has 0 bridgehead atoms. The number of fused-ring (bicyclic) bond motifs is 2. The summed E-state index contributed by atoms with van der Waals surface area (Å²) in [7, 11) is 0. The normalized spacial score (nSPS) is 15.6. The molecule has 1 unspecified atom stereocenters. The number of benzene rings is 2. The zero-order valence-electron chi connectivity index (χ0n) is 18.1. The van der Waals surface area contributed by atoms with Gasteiger partial charge in [-0.3, -0.25) is 14.5 Å². The van der Waals surface area contributed by atoms with E-state index in [1.54, 1.807) is 16.7 Å². The van der Waals surface area contributed by atoms with Crippen LogP contribution in [0.25, 0.3) is 11.0 Å². The van der Waals surface area contributed by atoms with Crippen LogP contribution in [-0.4, -0.2) is 22.4 Å². The van der Waals surface area contributed by atoms with E-state index in [0.29, 0.717) is 21.7 Å². The maximum absolute atomic E-state index is 13.7. The van der Waals surface area contributed by atoms with Gasteiger partial charge in [0, 0.05) is 4.90 Å². The molecule has 0 spiro atoms. The highest BCUT2D eigenvalue weighted by atomic mass is 32.2. The Bertz CT molecular complexity index is 1420. The molecule has 1 aliphatic heterocycles. The molecule has 0 aliphatic carbocycles. The smallest absolute Gasteiger partial charge is 0.297 e. The number of hydrogen-bond donors (Lipinski definition) is 0. The van der Waals surface area contributed by atoms with Crippen LogP contribution in [0, 0.1) is 13.8 Å². The maximum atomic E-state index is 13.7. The molecule has 162 valence electrons. The van der Waals surface area contributed by atoms with E-state index in [9.17, 15) is 9.59 Å². The van der Waals surface area contributed by atoms with Gasteiger partial charge in [0.1, 0.15) is 10.6 Å². The number of carbonyl (C=O) groups is 1. The third-order valence-electron chi connectivity index (χ3n) is 5.88. The van der Waals surface area contributed by atoms with Gasteiger partial charge in [0.05, 0.1) is 17.0 Å². The summed E-state index contributed by atoms with van der Waals surface area (Å²) < 4.78 is 6.08. The first-order chi connectivity index (χ1) is 15.4. The molecule has 2 aromatic heterocycles. The predicted molar refractivity (Wildman–Crippen MR) is 128 cm³/mol. The first kappa shape index (κ1) is 20.9. The number of aromatic nitrogens is 2. The molecule has 8 heteroatoms. The van der Waals surface area contributed by atoms with E-state index in [2.05, 4.69) is 10.2 Å². The topological polar surface area (TPSA) is 76.3 Å². The Kier molecular flexibility index (Phi) is 5.14. The second-order valence-electron chi connectivity index (χ2n) is 7.79. The summed E-state index contributed by atoms with van der Waals surface area (Å²) in [6, 6.07) is 11.0. The summed E-state index contributed by atoms with van der Waals surface area (Å²) in [6.45, 7) is 5.91. The monoisotopic (exact) mass is 463 g/mol. The molecule has 1 aliphatic rings. The van der Waals surface area contributed by atoms with Crippen LogP contribution < -0.4 is 10.3 Å². The zero-order chi connectivity index (χ0) is 22.6. The number of nitrogens with zero attached hydrogens (tertiary/aromatic N) is 3. The number of amides is 1. The molecular formula is C24H21N3O3S2. The molecule has 2 aromatic carbocycles. The van der Waals surface area contributed by atoms with Gasteiger partial charge >= 0.3 is 0 Å². The lowest BCUT2D eigenvalue weighted by atomic mass is 9.97. The molecule has 32 heavy (non-hydrogen) atoms. The lowest BCUT2D eigenvalue weighted by Crippen LogP contribution is -2.29. The van der Waals surface area contributed by atoms with Crippen molar-refractivity contribution in [1.29, 1.82) is 0 Å². The summed E-state index contributed by atoms with van der Waals surface area (Å²) >= 11 is 3.00. The van der Waals surface area contributed by atoms with Crippen molar-refractivity contribution in [2.75, 3.05) is 11.2 Å². The molecule has 6 nitrogen and oxygen atoms in total. The van der Waals surface area contributed by atoms with Gasteiger partial charge in [-0.25, -0.2) is 0 Å². The fourth-order valence-corrected chi connectivity index (χ4v) is 5.23. The van der Waals surface area contributed by atoms with Crippen molar-refractivity contribution in [3.8, 4) is 0 Å². The van der Waals surface area contributed by atoms with Crippen molar-refractivity contribution in [1.82, 2.24) is 10.2 Å². The third kappa shape index (κ3) is 3.17. The Hall–Kier alpha value is -2.97. The van der Waals surface area contributed by atoms with Crippen LogP contribution in [0.15, 0.2) is 50.5 Å². The van der Waals surface area contributed by atoms with Gasteiger partial charge in [-0.1, -0.05) is 30.4 Å². The minimum Gasteiger partial charge on any atom is -0.450 e. The van der Waals surface area contributed by atoms with E-state index >= 15 is 0 Å². The van der Waals surface area contributed by atoms with Crippen LogP contribution in [0.2, 0.25) is 0 Å². The molecule has 0 saturated heterocycles. The van der Waals surface area contributed by atoms with E-state index in [4.69, 9.17) is 4.42 Å². The molecule has 5 rings (SSSR count). The largest absolute Gasteiger partial charge is 0.450 e. The Balaban J connectivity index is 1.79. The van der Waals surface area contributed by atoms with Crippen LogP contribution in [0.5, 0.6) is 0 Å². The van der Waals surface area contributed by atoms with Crippen molar-refractivity contribution in [2.24, 2.45) is 0 Å². The first-order valence-corrected chi connectivity index (χ1v) is 12.3. The molecular weight excluding hydrogens is 442 g/mol. The highest BCUT2D eigenvalue weighted by Crippen LogP contribution is 2.42. The second-order valence-corrected chi connectivity index (χ2v) is 9.71. The molecule has 0 saturated carbocycles. The Morgan fingerprint density at radius 1 is 1.09 bits per heavy atom. The third-order valence-corrected chi connectivity index (χ3v) is 7.69.